The molecule has 1 fully saturated rings. The van der Waals surface area contributed by atoms with Crippen LogP contribution in [0.25, 0.3) is 11.1 Å². The third-order valence-electron chi connectivity index (χ3n) is 7.78. The van der Waals surface area contributed by atoms with E-state index in [1.54, 1.807) is 59.5 Å². The van der Waals surface area contributed by atoms with E-state index in [0.29, 0.717) is 33.8 Å². The first kappa shape index (κ1) is 34.2. The third kappa shape index (κ3) is 8.82. The van der Waals surface area contributed by atoms with Crippen LogP contribution in [0.4, 0.5) is 9.59 Å². The molecule has 1 aliphatic heterocycles. The van der Waals surface area contributed by atoms with Gasteiger partial charge in [-0.2, -0.15) is 8.42 Å². The number of carbonyl (C=O) groups excluding carboxylic acids is 3. The number of carbonyl (C=O) groups is 3. The van der Waals surface area contributed by atoms with Gasteiger partial charge in [0.2, 0.25) is 0 Å². The number of nitrogens with one attached hydrogen (secondary N) is 1. The minimum Gasteiger partial charge on any atom is -0.456 e. The zero-order chi connectivity index (χ0) is 34.3. The number of likely N-dealkylation sites (tertiary alicyclic amines) is 1. The Morgan fingerprint density at radius 1 is 0.792 bits per heavy atom. The number of hydrogen-bond donors (Lipinski definition) is 1. The van der Waals surface area contributed by atoms with E-state index in [-0.39, 0.29) is 30.9 Å². The Morgan fingerprint density at radius 3 is 1.92 bits per heavy atom. The molecule has 0 spiro atoms. The van der Waals surface area contributed by atoms with Gasteiger partial charge >= 0.3 is 28.4 Å². The zero-order valence-corrected chi connectivity index (χ0v) is 27.9. The monoisotopic (exact) mass is 673 g/mol. The van der Waals surface area contributed by atoms with Crippen molar-refractivity contribution in [2.75, 3.05) is 13.1 Å². The summed E-state index contributed by atoms with van der Waals surface area (Å²) in [4.78, 5) is 40.2. The fraction of sp³-hybridized carbons (Fsp3) is 0.306. The number of hydrogen-bond acceptors (Lipinski definition) is 8. The highest BCUT2D eigenvalue weighted by atomic mass is 32.2. The highest BCUT2D eigenvalue weighted by molar-refractivity contribution is 7.88. The lowest BCUT2D eigenvalue weighted by molar-refractivity contribution is 0.0204. The Morgan fingerprint density at radius 2 is 1.35 bits per heavy atom. The normalized spacial score (nSPS) is 13.9. The maximum atomic E-state index is 13.5. The van der Waals surface area contributed by atoms with Crippen molar-refractivity contribution in [1.82, 2.24) is 13.6 Å². The highest BCUT2D eigenvalue weighted by Gasteiger charge is 2.30. The van der Waals surface area contributed by atoms with Crippen molar-refractivity contribution in [3.05, 3.63) is 120 Å². The Labute approximate surface area is 280 Å². The maximum absolute atomic E-state index is 13.5. The quantitative estimate of drug-likeness (QED) is 0.154. The Balaban J connectivity index is 1.34. The number of piperidine rings is 1. The second-order valence-electron chi connectivity index (χ2n) is 12.5. The lowest BCUT2D eigenvalue weighted by Gasteiger charge is -2.33. The smallest absolute Gasteiger partial charge is 0.422 e. The number of amides is 2. The number of benzene rings is 3. The molecule has 252 valence electrons. The van der Waals surface area contributed by atoms with Crippen LogP contribution in [0, 0.1) is 0 Å². The highest BCUT2D eigenvalue weighted by Crippen LogP contribution is 2.32. The predicted molar refractivity (Wildman–Crippen MR) is 179 cm³/mol. The van der Waals surface area contributed by atoms with E-state index in [2.05, 4.69) is 0 Å². The molecule has 2 heterocycles. The standard InChI is InChI=1S/C36H39N3O8S/c1-36(2,3)47-35(42)38-21-18-29(19-22-38)28-14-16-30(17-15-28)31-20-23-39(32(31)33(40)45-24-26-10-6-4-7-11-26)48(43,44)37-34(41)46-25-27-12-8-5-9-13-27/h4-17,20,23,29H,18-19,21-22,24-25H2,1-3H3,(H,37,41). The first-order valence-electron chi connectivity index (χ1n) is 15.6. The van der Waals surface area contributed by atoms with E-state index in [4.69, 9.17) is 14.2 Å². The molecule has 0 saturated carbocycles. The average Bonchev–Trinajstić information content (AvgIpc) is 3.53. The van der Waals surface area contributed by atoms with Crippen molar-refractivity contribution >= 4 is 28.4 Å². The van der Waals surface area contributed by atoms with Crippen molar-refractivity contribution in [1.29, 1.82) is 0 Å². The molecular formula is C36H39N3O8S. The number of rotatable bonds is 9. The van der Waals surface area contributed by atoms with Crippen LogP contribution < -0.4 is 4.72 Å². The zero-order valence-electron chi connectivity index (χ0n) is 27.1. The molecule has 4 aromatic rings. The molecule has 0 aliphatic carbocycles. The Kier molecular flexibility index (Phi) is 10.5. The molecule has 11 nitrogen and oxygen atoms in total. The van der Waals surface area contributed by atoms with Gasteiger partial charge in [-0.1, -0.05) is 84.9 Å². The van der Waals surface area contributed by atoms with Gasteiger partial charge in [-0.3, -0.25) is 0 Å². The van der Waals surface area contributed by atoms with Crippen LogP contribution in [0.3, 0.4) is 0 Å². The topological polar surface area (TPSA) is 133 Å². The molecule has 12 heteroatoms. The van der Waals surface area contributed by atoms with Crippen LogP contribution in [0.5, 0.6) is 0 Å². The van der Waals surface area contributed by atoms with E-state index in [9.17, 15) is 22.8 Å². The second kappa shape index (κ2) is 14.8. The third-order valence-corrected chi connectivity index (χ3v) is 9.03. The lowest BCUT2D eigenvalue weighted by Crippen LogP contribution is -2.41. The molecule has 0 bridgehead atoms. The lowest BCUT2D eigenvalue weighted by atomic mass is 9.88. The van der Waals surface area contributed by atoms with Crippen molar-refractivity contribution in [3.8, 4) is 11.1 Å². The number of esters is 1. The van der Waals surface area contributed by atoms with Crippen LogP contribution in [0.2, 0.25) is 0 Å². The van der Waals surface area contributed by atoms with Crippen LogP contribution in [-0.4, -0.2) is 54.1 Å². The molecule has 5 rings (SSSR count). The number of ether oxygens (including phenoxy) is 3. The molecular weight excluding hydrogens is 634 g/mol. The van der Waals surface area contributed by atoms with Gasteiger partial charge in [-0.25, -0.2) is 23.1 Å². The first-order chi connectivity index (χ1) is 22.9. The molecule has 3 aromatic carbocycles. The van der Waals surface area contributed by atoms with Gasteiger partial charge in [0.15, 0.2) is 5.69 Å². The van der Waals surface area contributed by atoms with Gasteiger partial charge in [0.05, 0.1) is 0 Å². The Bertz CT molecular complexity index is 1830. The largest absolute Gasteiger partial charge is 0.456 e. The van der Waals surface area contributed by atoms with Gasteiger partial charge in [-0.05, 0) is 67.9 Å². The van der Waals surface area contributed by atoms with Crippen LogP contribution in [-0.2, 0) is 37.6 Å². The maximum Gasteiger partial charge on any atom is 0.422 e. The summed E-state index contributed by atoms with van der Waals surface area (Å²) < 4.78 is 45.6. The minimum atomic E-state index is -4.61. The van der Waals surface area contributed by atoms with Crippen molar-refractivity contribution in [2.24, 2.45) is 0 Å². The molecule has 1 N–H and O–H groups in total. The van der Waals surface area contributed by atoms with Crippen molar-refractivity contribution in [3.63, 3.8) is 0 Å². The van der Waals surface area contributed by atoms with Crippen molar-refractivity contribution in [2.45, 2.75) is 58.3 Å². The van der Waals surface area contributed by atoms with E-state index in [0.717, 1.165) is 24.0 Å². The van der Waals surface area contributed by atoms with E-state index in [1.165, 1.54) is 12.3 Å². The van der Waals surface area contributed by atoms with Gasteiger partial charge in [0, 0.05) is 24.8 Å². The molecule has 2 amide bonds. The fourth-order valence-corrected chi connectivity index (χ4v) is 6.41. The first-order valence-corrected chi connectivity index (χ1v) is 17.1. The average molecular weight is 674 g/mol. The molecule has 1 saturated heterocycles. The summed E-state index contributed by atoms with van der Waals surface area (Å²) in [5.41, 5.74) is 2.52. The number of nitrogens with zero attached hydrogens (tertiary/aromatic N) is 2. The molecule has 48 heavy (non-hydrogen) atoms. The van der Waals surface area contributed by atoms with Crippen molar-refractivity contribution < 1.29 is 37.0 Å². The van der Waals surface area contributed by atoms with Gasteiger partial charge in [-0.15, -0.1) is 0 Å². The fourth-order valence-electron chi connectivity index (χ4n) is 5.40. The van der Waals surface area contributed by atoms with Crippen LogP contribution >= 0.6 is 0 Å². The van der Waals surface area contributed by atoms with E-state index in [1.807, 2.05) is 55.8 Å². The summed E-state index contributed by atoms with van der Waals surface area (Å²) in [7, 11) is -4.61. The van der Waals surface area contributed by atoms with Gasteiger partial charge < -0.3 is 19.1 Å². The predicted octanol–water partition coefficient (Wildman–Crippen LogP) is 6.65. The summed E-state index contributed by atoms with van der Waals surface area (Å²) in [5.74, 6) is -0.676. The molecule has 1 aromatic heterocycles. The van der Waals surface area contributed by atoms with Gasteiger partial charge in [0.25, 0.3) is 0 Å². The van der Waals surface area contributed by atoms with Crippen LogP contribution in [0.1, 0.15) is 66.7 Å². The minimum absolute atomic E-state index is 0.0855. The summed E-state index contributed by atoms with van der Waals surface area (Å²) >= 11 is 0. The summed E-state index contributed by atoms with van der Waals surface area (Å²) in [6, 6.07) is 26.8. The van der Waals surface area contributed by atoms with E-state index >= 15 is 0 Å². The Hall–Kier alpha value is -5.10. The number of aromatic nitrogens is 1. The molecule has 1 aliphatic rings. The summed E-state index contributed by atoms with van der Waals surface area (Å²) in [6.07, 6.45) is 1.20. The molecule has 0 atom stereocenters. The van der Waals surface area contributed by atoms with E-state index < -0.39 is 27.9 Å². The SMILES string of the molecule is CC(C)(C)OC(=O)N1CCC(c2ccc(-c3ccn(S(=O)(=O)NC(=O)OCc4ccccc4)c3C(=O)OCc3ccccc3)cc2)CC1. The molecule has 0 radical (unpaired) electrons. The van der Waals surface area contributed by atoms with Crippen LogP contribution in [0.15, 0.2) is 97.2 Å². The second-order valence-corrected chi connectivity index (χ2v) is 14.0. The molecule has 0 unspecified atom stereocenters. The van der Waals surface area contributed by atoms with Gasteiger partial charge in [0.1, 0.15) is 18.8 Å². The summed E-state index contributed by atoms with van der Waals surface area (Å²) in [5, 5.41) is 0. The summed E-state index contributed by atoms with van der Waals surface area (Å²) in [6.45, 7) is 6.44.